The van der Waals surface area contributed by atoms with E-state index in [9.17, 15) is 13.2 Å². The number of rotatable bonds is 5. The van der Waals surface area contributed by atoms with Crippen LogP contribution in [0, 0.1) is 13.8 Å². The van der Waals surface area contributed by atoms with Gasteiger partial charge in [0.1, 0.15) is 6.54 Å². The van der Waals surface area contributed by atoms with Crippen molar-refractivity contribution in [2.45, 2.75) is 13.8 Å². The zero-order valence-electron chi connectivity index (χ0n) is 14.0. The number of nitrogens with zero attached hydrogens (tertiary/aromatic N) is 1. The summed E-state index contributed by atoms with van der Waals surface area (Å²) >= 11 is 12.0. The SMILES string of the molecule is Cc1cccc(N(CC(=O)Nc2cccc(Cl)c2Cl)S(C)(=O)=O)c1C. The molecule has 0 aliphatic heterocycles. The lowest BCUT2D eigenvalue weighted by molar-refractivity contribution is -0.114. The number of hydrogen-bond donors (Lipinski definition) is 1. The summed E-state index contributed by atoms with van der Waals surface area (Å²) < 4.78 is 25.5. The maximum atomic E-state index is 12.4. The molecule has 1 amide bonds. The summed E-state index contributed by atoms with van der Waals surface area (Å²) in [5.41, 5.74) is 2.52. The Hall–Kier alpha value is -1.76. The molecular weight excluding hydrogens is 383 g/mol. The van der Waals surface area contributed by atoms with Gasteiger partial charge in [-0.15, -0.1) is 0 Å². The van der Waals surface area contributed by atoms with Gasteiger partial charge in [0.25, 0.3) is 0 Å². The van der Waals surface area contributed by atoms with Crippen molar-refractivity contribution in [2.75, 3.05) is 22.4 Å². The van der Waals surface area contributed by atoms with Gasteiger partial charge in [-0.2, -0.15) is 0 Å². The summed E-state index contributed by atoms with van der Waals surface area (Å²) in [6.07, 6.45) is 1.06. The molecule has 0 saturated carbocycles. The van der Waals surface area contributed by atoms with Crippen LogP contribution in [0.3, 0.4) is 0 Å². The van der Waals surface area contributed by atoms with Crippen LogP contribution in [0.5, 0.6) is 0 Å². The van der Waals surface area contributed by atoms with Crippen LogP contribution in [-0.4, -0.2) is 27.1 Å². The molecule has 0 spiro atoms. The number of nitrogens with one attached hydrogen (secondary N) is 1. The highest BCUT2D eigenvalue weighted by Crippen LogP contribution is 2.30. The van der Waals surface area contributed by atoms with Crippen LogP contribution in [0.1, 0.15) is 11.1 Å². The van der Waals surface area contributed by atoms with E-state index < -0.39 is 15.9 Å². The molecule has 0 radical (unpaired) electrons. The number of anilines is 2. The molecule has 0 aliphatic rings. The normalized spacial score (nSPS) is 11.2. The van der Waals surface area contributed by atoms with Gasteiger partial charge in [-0.3, -0.25) is 9.10 Å². The van der Waals surface area contributed by atoms with Gasteiger partial charge in [-0.1, -0.05) is 41.4 Å². The van der Waals surface area contributed by atoms with Crippen LogP contribution in [0.4, 0.5) is 11.4 Å². The lowest BCUT2D eigenvalue weighted by Gasteiger charge is -2.24. The second-order valence-electron chi connectivity index (χ2n) is 5.64. The van der Waals surface area contributed by atoms with Gasteiger partial charge in [-0.25, -0.2) is 8.42 Å². The van der Waals surface area contributed by atoms with E-state index in [2.05, 4.69) is 5.32 Å². The highest BCUT2D eigenvalue weighted by atomic mass is 35.5. The van der Waals surface area contributed by atoms with Crippen LogP contribution in [0.25, 0.3) is 0 Å². The average Bonchev–Trinajstić information content (AvgIpc) is 2.51. The van der Waals surface area contributed by atoms with Gasteiger partial charge in [0.05, 0.1) is 27.7 Å². The van der Waals surface area contributed by atoms with Crippen molar-refractivity contribution in [3.8, 4) is 0 Å². The zero-order valence-corrected chi connectivity index (χ0v) is 16.3. The molecule has 0 aromatic heterocycles. The highest BCUT2D eigenvalue weighted by molar-refractivity contribution is 7.92. The van der Waals surface area contributed by atoms with Crippen molar-refractivity contribution in [3.05, 3.63) is 57.6 Å². The Bertz CT molecular complexity index is 914. The van der Waals surface area contributed by atoms with E-state index in [1.807, 2.05) is 19.9 Å². The first-order valence-electron chi connectivity index (χ1n) is 7.39. The fourth-order valence-corrected chi connectivity index (χ4v) is 3.56. The van der Waals surface area contributed by atoms with Crippen LogP contribution in [0.2, 0.25) is 10.0 Å². The predicted octanol–water partition coefficient (Wildman–Crippen LogP) is 4.01. The molecule has 0 atom stereocenters. The maximum Gasteiger partial charge on any atom is 0.245 e. The van der Waals surface area contributed by atoms with Crippen molar-refractivity contribution in [1.82, 2.24) is 0 Å². The number of halogens is 2. The molecule has 5 nitrogen and oxygen atoms in total. The number of amides is 1. The van der Waals surface area contributed by atoms with E-state index in [0.717, 1.165) is 21.7 Å². The van der Waals surface area contributed by atoms with Crippen LogP contribution in [-0.2, 0) is 14.8 Å². The number of carbonyl (C=O) groups excluding carboxylic acids is 1. The van der Waals surface area contributed by atoms with E-state index >= 15 is 0 Å². The van der Waals surface area contributed by atoms with Crippen molar-refractivity contribution in [3.63, 3.8) is 0 Å². The van der Waals surface area contributed by atoms with Gasteiger partial charge in [0.15, 0.2) is 0 Å². The second-order valence-corrected chi connectivity index (χ2v) is 8.33. The average molecular weight is 401 g/mol. The third-order valence-corrected chi connectivity index (χ3v) is 5.70. The molecule has 0 saturated heterocycles. The molecule has 25 heavy (non-hydrogen) atoms. The van der Waals surface area contributed by atoms with Gasteiger partial charge >= 0.3 is 0 Å². The first kappa shape index (κ1) is 19.6. The molecule has 2 rings (SSSR count). The quantitative estimate of drug-likeness (QED) is 0.823. The minimum absolute atomic E-state index is 0.204. The molecule has 134 valence electrons. The highest BCUT2D eigenvalue weighted by Gasteiger charge is 2.23. The number of sulfonamides is 1. The molecule has 0 heterocycles. The summed E-state index contributed by atoms with van der Waals surface area (Å²) in [6.45, 7) is 3.33. The standard InChI is InChI=1S/C17H18Cl2N2O3S/c1-11-6-4-9-15(12(11)2)21(25(3,23)24)10-16(22)20-14-8-5-7-13(18)17(14)19/h4-9H,10H2,1-3H3,(H,20,22). The van der Waals surface area contributed by atoms with Crippen LogP contribution >= 0.6 is 23.2 Å². The van der Waals surface area contributed by atoms with Crippen LogP contribution in [0.15, 0.2) is 36.4 Å². The van der Waals surface area contributed by atoms with Gasteiger partial charge in [0.2, 0.25) is 15.9 Å². The van der Waals surface area contributed by atoms with E-state index in [0.29, 0.717) is 16.4 Å². The maximum absolute atomic E-state index is 12.4. The van der Waals surface area contributed by atoms with Crippen molar-refractivity contribution < 1.29 is 13.2 Å². The Morgan fingerprint density at radius 1 is 1.12 bits per heavy atom. The number of hydrogen-bond acceptors (Lipinski definition) is 3. The first-order valence-corrected chi connectivity index (χ1v) is 9.99. The zero-order chi connectivity index (χ0) is 18.8. The van der Waals surface area contributed by atoms with Crippen LogP contribution < -0.4 is 9.62 Å². The molecule has 2 aromatic carbocycles. The Morgan fingerprint density at radius 2 is 1.76 bits per heavy atom. The van der Waals surface area contributed by atoms with E-state index in [-0.39, 0.29) is 11.6 Å². The number of carbonyl (C=O) groups is 1. The van der Waals surface area contributed by atoms with Gasteiger partial charge < -0.3 is 5.32 Å². The molecule has 0 fully saturated rings. The Kier molecular flexibility index (Phi) is 5.98. The minimum atomic E-state index is -3.65. The van der Waals surface area contributed by atoms with E-state index in [4.69, 9.17) is 23.2 Å². The smallest absolute Gasteiger partial charge is 0.245 e. The molecule has 8 heteroatoms. The third-order valence-electron chi connectivity index (χ3n) is 3.76. The summed E-state index contributed by atoms with van der Waals surface area (Å²) in [5, 5.41) is 3.10. The third kappa shape index (κ3) is 4.66. The minimum Gasteiger partial charge on any atom is -0.323 e. The molecule has 0 unspecified atom stereocenters. The number of aryl methyl sites for hydroxylation is 1. The molecule has 2 aromatic rings. The molecular formula is C17H18Cl2N2O3S. The Labute approximate surface area is 157 Å². The lowest BCUT2D eigenvalue weighted by Crippen LogP contribution is -2.38. The molecule has 0 aliphatic carbocycles. The summed E-state index contributed by atoms with van der Waals surface area (Å²) in [6, 6.07) is 10.1. The van der Waals surface area contributed by atoms with Crippen molar-refractivity contribution in [2.24, 2.45) is 0 Å². The monoisotopic (exact) mass is 400 g/mol. The van der Waals surface area contributed by atoms with E-state index in [1.165, 1.54) is 0 Å². The first-order chi connectivity index (χ1) is 11.6. The fourth-order valence-electron chi connectivity index (χ4n) is 2.31. The molecule has 0 bridgehead atoms. The Morgan fingerprint density at radius 3 is 2.40 bits per heavy atom. The predicted molar refractivity (Wildman–Crippen MR) is 103 cm³/mol. The molecule has 1 N–H and O–H groups in total. The lowest BCUT2D eigenvalue weighted by atomic mass is 10.1. The van der Waals surface area contributed by atoms with Gasteiger partial charge in [0, 0.05) is 0 Å². The van der Waals surface area contributed by atoms with Crippen molar-refractivity contribution in [1.29, 1.82) is 0 Å². The largest absolute Gasteiger partial charge is 0.323 e. The van der Waals surface area contributed by atoms with Crippen molar-refractivity contribution >= 4 is 50.5 Å². The Balaban J connectivity index is 2.31. The summed E-state index contributed by atoms with van der Waals surface area (Å²) in [4.78, 5) is 12.4. The summed E-state index contributed by atoms with van der Waals surface area (Å²) in [5.74, 6) is -0.518. The topological polar surface area (TPSA) is 66.5 Å². The second kappa shape index (κ2) is 7.64. The summed E-state index contributed by atoms with van der Waals surface area (Å²) in [7, 11) is -3.65. The fraction of sp³-hybridized carbons (Fsp3) is 0.235. The number of benzene rings is 2. The van der Waals surface area contributed by atoms with E-state index in [1.54, 1.807) is 30.3 Å². The van der Waals surface area contributed by atoms with Gasteiger partial charge in [-0.05, 0) is 43.2 Å².